The van der Waals surface area contributed by atoms with Crippen molar-refractivity contribution < 1.29 is 4.74 Å². The summed E-state index contributed by atoms with van der Waals surface area (Å²) in [6.07, 6.45) is 4.11. The van der Waals surface area contributed by atoms with Gasteiger partial charge in [-0.15, -0.1) is 6.58 Å². The summed E-state index contributed by atoms with van der Waals surface area (Å²) < 4.78 is 5.40. The van der Waals surface area contributed by atoms with Gasteiger partial charge in [0, 0.05) is 19.6 Å². The summed E-state index contributed by atoms with van der Waals surface area (Å²) in [4.78, 5) is 11.7. The van der Waals surface area contributed by atoms with Crippen molar-refractivity contribution in [2.24, 2.45) is 9.98 Å². The molecule has 0 aromatic carbocycles. The van der Waals surface area contributed by atoms with Crippen molar-refractivity contribution in [3.05, 3.63) is 23.9 Å². The summed E-state index contributed by atoms with van der Waals surface area (Å²) in [6.45, 7) is 8.74. The van der Waals surface area contributed by atoms with Gasteiger partial charge < -0.3 is 15.0 Å². The minimum atomic E-state index is 0.338. The van der Waals surface area contributed by atoms with Crippen LogP contribution in [0.4, 0.5) is 0 Å². The summed E-state index contributed by atoms with van der Waals surface area (Å²) in [6, 6.07) is 0.338. The van der Waals surface area contributed by atoms with Crippen LogP contribution >= 0.6 is 0 Å². The van der Waals surface area contributed by atoms with Crippen molar-refractivity contribution in [2.75, 3.05) is 39.4 Å². The molecule has 1 saturated heterocycles. The molecule has 22 heavy (non-hydrogen) atoms. The molecule has 0 radical (unpaired) electrons. The van der Waals surface area contributed by atoms with Crippen molar-refractivity contribution in [1.82, 2.24) is 20.7 Å². The molecule has 7 nitrogen and oxygen atoms in total. The topological polar surface area (TPSA) is 64.5 Å². The SMILES string of the molecule is C=CCNC1CCC2=C1N=C1N=C(N3CCOCC3)NN1C2. The number of hydrazine groups is 1. The van der Waals surface area contributed by atoms with E-state index in [1.807, 2.05) is 6.08 Å². The second kappa shape index (κ2) is 5.73. The molecule has 0 aromatic rings. The van der Waals surface area contributed by atoms with Crippen LogP contribution in [0.15, 0.2) is 33.9 Å². The molecular weight excluding hydrogens is 280 g/mol. The van der Waals surface area contributed by atoms with E-state index in [4.69, 9.17) is 9.73 Å². The number of guanidine groups is 2. The molecule has 7 heteroatoms. The lowest BCUT2D eigenvalue weighted by molar-refractivity contribution is 0.0657. The summed E-state index contributed by atoms with van der Waals surface area (Å²) in [5, 5.41) is 5.54. The van der Waals surface area contributed by atoms with Gasteiger partial charge in [0.15, 0.2) is 0 Å². The Kier molecular flexibility index (Phi) is 3.59. The Morgan fingerprint density at radius 3 is 3.05 bits per heavy atom. The Balaban J connectivity index is 1.51. The van der Waals surface area contributed by atoms with Crippen molar-refractivity contribution in [2.45, 2.75) is 18.9 Å². The zero-order valence-electron chi connectivity index (χ0n) is 12.7. The number of morpholine rings is 1. The van der Waals surface area contributed by atoms with E-state index < -0.39 is 0 Å². The molecule has 0 bridgehead atoms. The molecule has 1 unspecified atom stereocenters. The maximum Gasteiger partial charge on any atom is 0.248 e. The van der Waals surface area contributed by atoms with Crippen LogP contribution in [0.2, 0.25) is 0 Å². The van der Waals surface area contributed by atoms with Crippen molar-refractivity contribution in [3.8, 4) is 0 Å². The minimum absolute atomic E-state index is 0.338. The van der Waals surface area contributed by atoms with Crippen LogP contribution < -0.4 is 10.7 Å². The number of hydrogen-bond donors (Lipinski definition) is 2. The van der Waals surface area contributed by atoms with Crippen LogP contribution in [-0.2, 0) is 4.74 Å². The largest absolute Gasteiger partial charge is 0.378 e. The van der Waals surface area contributed by atoms with Crippen LogP contribution in [0.3, 0.4) is 0 Å². The molecule has 0 saturated carbocycles. The Morgan fingerprint density at radius 2 is 2.23 bits per heavy atom. The molecule has 1 atom stereocenters. The molecule has 1 fully saturated rings. The molecule has 4 rings (SSSR count). The number of hydrogen-bond acceptors (Lipinski definition) is 7. The lowest BCUT2D eigenvalue weighted by Gasteiger charge is -2.30. The fourth-order valence-corrected chi connectivity index (χ4v) is 3.33. The number of rotatable bonds is 3. The van der Waals surface area contributed by atoms with Crippen LogP contribution in [0.25, 0.3) is 0 Å². The number of fused-ring (bicyclic) bond motifs is 1. The van der Waals surface area contributed by atoms with Gasteiger partial charge in [-0.3, -0.25) is 5.43 Å². The van der Waals surface area contributed by atoms with E-state index in [1.165, 1.54) is 11.3 Å². The fraction of sp³-hybridized carbons (Fsp3) is 0.600. The lowest BCUT2D eigenvalue weighted by atomic mass is 10.2. The highest BCUT2D eigenvalue weighted by molar-refractivity contribution is 6.01. The van der Waals surface area contributed by atoms with E-state index in [9.17, 15) is 0 Å². The standard InChI is InChI=1S/C15H22N6O/c1-2-5-16-12-4-3-11-10-21-14(17-13(11)12)18-15(19-21)20-6-8-22-9-7-20/h2,12,16H,1,3-10H2,(H,17,18,19). The normalized spacial score (nSPS) is 27.2. The first-order valence-electron chi connectivity index (χ1n) is 7.95. The molecule has 1 aliphatic carbocycles. The van der Waals surface area contributed by atoms with E-state index in [0.29, 0.717) is 6.04 Å². The van der Waals surface area contributed by atoms with Gasteiger partial charge in [-0.05, 0) is 18.4 Å². The molecule has 2 N–H and O–H groups in total. The molecule has 3 heterocycles. The predicted molar refractivity (Wildman–Crippen MR) is 85.4 cm³/mol. The van der Waals surface area contributed by atoms with E-state index in [0.717, 1.165) is 64.2 Å². The van der Waals surface area contributed by atoms with Gasteiger partial charge >= 0.3 is 0 Å². The highest BCUT2D eigenvalue weighted by atomic mass is 16.5. The Morgan fingerprint density at radius 1 is 1.36 bits per heavy atom. The van der Waals surface area contributed by atoms with Gasteiger partial charge in [0.05, 0.1) is 31.5 Å². The van der Waals surface area contributed by atoms with Crippen LogP contribution in [-0.4, -0.2) is 67.3 Å². The van der Waals surface area contributed by atoms with Crippen LogP contribution in [0.1, 0.15) is 12.8 Å². The summed E-state index contributed by atoms with van der Waals surface area (Å²) in [5.41, 5.74) is 5.98. The molecule has 0 aromatic heterocycles. The van der Waals surface area contributed by atoms with Crippen molar-refractivity contribution in [3.63, 3.8) is 0 Å². The van der Waals surface area contributed by atoms with Gasteiger partial charge in [0.1, 0.15) is 0 Å². The zero-order chi connectivity index (χ0) is 14.9. The van der Waals surface area contributed by atoms with E-state index >= 15 is 0 Å². The first-order valence-corrected chi connectivity index (χ1v) is 7.95. The third kappa shape index (κ3) is 2.40. The maximum atomic E-state index is 5.40. The smallest absolute Gasteiger partial charge is 0.248 e. The Bertz CT molecular complexity index is 560. The average molecular weight is 302 g/mol. The van der Waals surface area contributed by atoms with Gasteiger partial charge in [0.2, 0.25) is 11.9 Å². The maximum absolute atomic E-state index is 5.40. The zero-order valence-corrected chi connectivity index (χ0v) is 12.7. The second-order valence-electron chi connectivity index (χ2n) is 5.92. The third-order valence-electron chi connectivity index (χ3n) is 4.50. The highest BCUT2D eigenvalue weighted by Gasteiger charge is 2.35. The molecule has 4 aliphatic rings. The Hall–Kier alpha value is -1.86. The first kappa shape index (κ1) is 13.8. The van der Waals surface area contributed by atoms with Gasteiger partial charge in [-0.1, -0.05) is 6.08 Å². The second-order valence-corrected chi connectivity index (χ2v) is 5.92. The average Bonchev–Trinajstić information content (AvgIpc) is 3.15. The monoisotopic (exact) mass is 302 g/mol. The fourth-order valence-electron chi connectivity index (χ4n) is 3.33. The molecule has 118 valence electrons. The highest BCUT2D eigenvalue weighted by Crippen LogP contribution is 2.32. The number of aliphatic imine (C=N–C) groups is 2. The van der Waals surface area contributed by atoms with Gasteiger partial charge in [0.25, 0.3) is 0 Å². The Labute approximate surface area is 130 Å². The summed E-state index contributed by atoms with van der Waals surface area (Å²) in [7, 11) is 0. The van der Waals surface area contributed by atoms with E-state index in [-0.39, 0.29) is 0 Å². The van der Waals surface area contributed by atoms with E-state index in [2.05, 4.69) is 32.2 Å². The summed E-state index contributed by atoms with van der Waals surface area (Å²) in [5.74, 6) is 1.69. The molecule has 0 spiro atoms. The van der Waals surface area contributed by atoms with Gasteiger partial charge in [-0.25, -0.2) is 10.0 Å². The molecule has 3 aliphatic heterocycles. The van der Waals surface area contributed by atoms with E-state index in [1.54, 1.807) is 0 Å². The molecule has 0 amide bonds. The molecular formula is C15H22N6O. The van der Waals surface area contributed by atoms with Gasteiger partial charge in [-0.2, -0.15) is 4.99 Å². The predicted octanol–water partition coefficient (Wildman–Crippen LogP) is 0.0565. The lowest BCUT2D eigenvalue weighted by Crippen LogP contribution is -2.50. The van der Waals surface area contributed by atoms with Crippen molar-refractivity contribution >= 4 is 11.9 Å². The quantitative estimate of drug-likeness (QED) is 0.722. The third-order valence-corrected chi connectivity index (χ3v) is 4.50. The minimum Gasteiger partial charge on any atom is -0.378 e. The number of ether oxygens (including phenoxy) is 1. The summed E-state index contributed by atoms with van der Waals surface area (Å²) >= 11 is 0. The first-order chi connectivity index (χ1) is 10.8. The van der Waals surface area contributed by atoms with Crippen LogP contribution in [0.5, 0.6) is 0 Å². The number of nitrogens with zero attached hydrogens (tertiary/aromatic N) is 4. The van der Waals surface area contributed by atoms with Crippen LogP contribution in [0, 0.1) is 0 Å². The number of nitrogens with one attached hydrogen (secondary N) is 2. The van der Waals surface area contributed by atoms with Crippen molar-refractivity contribution in [1.29, 1.82) is 0 Å².